The zero-order valence-electron chi connectivity index (χ0n) is 12.6. The van der Waals surface area contributed by atoms with Gasteiger partial charge in [0, 0.05) is 36.1 Å². The van der Waals surface area contributed by atoms with Gasteiger partial charge >= 0.3 is 0 Å². The summed E-state index contributed by atoms with van der Waals surface area (Å²) < 4.78 is 0. The Bertz CT molecular complexity index is 576. The van der Waals surface area contributed by atoms with Gasteiger partial charge in [0.05, 0.1) is 10.7 Å². The number of aromatic nitrogens is 1. The van der Waals surface area contributed by atoms with Crippen LogP contribution in [0.25, 0.3) is 11.3 Å². The van der Waals surface area contributed by atoms with Crippen molar-refractivity contribution in [1.29, 1.82) is 0 Å². The Kier molecular flexibility index (Phi) is 4.56. The van der Waals surface area contributed by atoms with E-state index >= 15 is 0 Å². The van der Waals surface area contributed by atoms with E-state index in [1.54, 1.807) is 11.3 Å². The molecule has 1 saturated heterocycles. The Morgan fingerprint density at radius 1 is 1.33 bits per heavy atom. The van der Waals surface area contributed by atoms with Crippen LogP contribution in [0.5, 0.6) is 0 Å². The lowest BCUT2D eigenvalue weighted by atomic mass is 10.0. The van der Waals surface area contributed by atoms with Crippen LogP contribution in [0, 0.1) is 5.92 Å². The van der Waals surface area contributed by atoms with Gasteiger partial charge in [0.15, 0.2) is 0 Å². The van der Waals surface area contributed by atoms with Crippen LogP contribution in [-0.2, 0) is 6.42 Å². The van der Waals surface area contributed by atoms with E-state index in [-0.39, 0.29) is 0 Å². The molecule has 0 aliphatic carbocycles. The second-order valence-corrected chi connectivity index (χ2v) is 6.99. The zero-order valence-corrected chi connectivity index (χ0v) is 13.4. The van der Waals surface area contributed by atoms with Crippen LogP contribution in [0.2, 0.25) is 0 Å². The van der Waals surface area contributed by atoms with E-state index in [9.17, 15) is 0 Å². The maximum absolute atomic E-state index is 5.73. The average molecular weight is 301 g/mol. The Balaban J connectivity index is 1.59. The molecule has 1 aliphatic rings. The summed E-state index contributed by atoms with van der Waals surface area (Å²) in [5.41, 5.74) is 8.75. The number of anilines is 1. The molecule has 21 heavy (non-hydrogen) atoms. The normalized spacial score (nSPS) is 19.8. The third-order valence-electron chi connectivity index (χ3n) is 4.14. The highest BCUT2D eigenvalue weighted by Crippen LogP contribution is 2.23. The van der Waals surface area contributed by atoms with Gasteiger partial charge in [0.25, 0.3) is 0 Å². The second-order valence-electron chi connectivity index (χ2n) is 6.05. The van der Waals surface area contributed by atoms with Crippen molar-refractivity contribution >= 4 is 17.0 Å². The zero-order chi connectivity index (χ0) is 14.7. The maximum atomic E-state index is 5.73. The van der Waals surface area contributed by atoms with E-state index in [4.69, 9.17) is 10.7 Å². The van der Waals surface area contributed by atoms with Gasteiger partial charge in [0.1, 0.15) is 0 Å². The third-order valence-corrected chi connectivity index (χ3v) is 5.05. The van der Waals surface area contributed by atoms with Crippen LogP contribution < -0.4 is 5.73 Å². The van der Waals surface area contributed by atoms with E-state index in [1.165, 1.54) is 30.9 Å². The topological polar surface area (TPSA) is 42.2 Å². The summed E-state index contributed by atoms with van der Waals surface area (Å²) in [7, 11) is 0. The lowest BCUT2D eigenvalue weighted by Gasteiger charge is -2.30. The number of hydrogen-bond donors (Lipinski definition) is 1. The molecule has 1 atom stereocenters. The van der Waals surface area contributed by atoms with E-state index in [0.717, 1.165) is 35.8 Å². The minimum absolute atomic E-state index is 0.799. The van der Waals surface area contributed by atoms with Crippen molar-refractivity contribution in [3.05, 3.63) is 34.7 Å². The second kappa shape index (κ2) is 6.58. The number of nitrogens with two attached hydrogens (primary N) is 1. The molecule has 1 fully saturated rings. The summed E-state index contributed by atoms with van der Waals surface area (Å²) in [5.74, 6) is 0.848. The monoisotopic (exact) mass is 301 g/mol. The maximum Gasteiger partial charge on any atom is 0.0945 e. The van der Waals surface area contributed by atoms with Crippen molar-refractivity contribution < 1.29 is 0 Å². The lowest BCUT2D eigenvalue weighted by molar-refractivity contribution is 0.186. The fraction of sp³-hybridized carbons (Fsp3) is 0.471. The first-order valence-electron chi connectivity index (χ1n) is 7.73. The summed E-state index contributed by atoms with van der Waals surface area (Å²) >= 11 is 1.77. The van der Waals surface area contributed by atoms with Crippen LogP contribution >= 0.6 is 11.3 Å². The number of thiazole rings is 1. The van der Waals surface area contributed by atoms with E-state index < -0.39 is 0 Å². The number of likely N-dealkylation sites (tertiary alicyclic amines) is 1. The molecule has 1 aromatic carbocycles. The fourth-order valence-corrected chi connectivity index (χ4v) is 3.75. The third kappa shape index (κ3) is 3.83. The highest BCUT2D eigenvalue weighted by atomic mass is 32.1. The van der Waals surface area contributed by atoms with Gasteiger partial charge in [-0.2, -0.15) is 0 Å². The van der Waals surface area contributed by atoms with Gasteiger partial charge in [-0.15, -0.1) is 11.3 Å². The van der Waals surface area contributed by atoms with Gasteiger partial charge in [-0.1, -0.05) is 19.1 Å². The molecule has 2 N–H and O–H groups in total. The smallest absolute Gasteiger partial charge is 0.0945 e. The molecular weight excluding hydrogens is 278 g/mol. The Morgan fingerprint density at radius 2 is 2.14 bits per heavy atom. The van der Waals surface area contributed by atoms with Crippen LogP contribution in [0.3, 0.4) is 0 Å². The number of hydrogen-bond acceptors (Lipinski definition) is 4. The molecule has 0 amide bonds. The number of benzene rings is 1. The molecule has 0 spiro atoms. The highest BCUT2D eigenvalue weighted by molar-refractivity contribution is 7.09. The van der Waals surface area contributed by atoms with Crippen molar-refractivity contribution in [2.45, 2.75) is 26.2 Å². The number of nitrogens with zero attached hydrogens (tertiary/aromatic N) is 2. The largest absolute Gasteiger partial charge is 0.399 e. The van der Waals surface area contributed by atoms with Crippen molar-refractivity contribution in [2.75, 3.05) is 25.4 Å². The first kappa shape index (κ1) is 14.5. The lowest BCUT2D eigenvalue weighted by Crippen LogP contribution is -2.35. The van der Waals surface area contributed by atoms with Gasteiger partial charge in [-0.05, 0) is 37.4 Å². The molecule has 2 aromatic rings. The Morgan fingerprint density at radius 3 is 2.90 bits per heavy atom. The molecule has 2 heterocycles. The predicted molar refractivity (Wildman–Crippen MR) is 90.5 cm³/mol. The summed E-state index contributed by atoms with van der Waals surface area (Å²) in [6.45, 7) is 5.99. The molecule has 112 valence electrons. The quantitative estimate of drug-likeness (QED) is 0.876. The molecule has 1 aromatic heterocycles. The average Bonchev–Trinajstić information content (AvgIpc) is 2.95. The molecule has 4 heteroatoms. The molecule has 3 rings (SSSR count). The van der Waals surface area contributed by atoms with Crippen molar-refractivity contribution in [1.82, 2.24) is 9.88 Å². The molecule has 3 nitrogen and oxygen atoms in total. The van der Waals surface area contributed by atoms with E-state index in [0.29, 0.717) is 0 Å². The summed E-state index contributed by atoms with van der Waals surface area (Å²) in [5, 5.41) is 3.39. The van der Waals surface area contributed by atoms with Crippen LogP contribution in [-0.4, -0.2) is 29.5 Å². The van der Waals surface area contributed by atoms with E-state index in [1.807, 2.05) is 24.3 Å². The van der Waals surface area contributed by atoms with Crippen LogP contribution in [0.15, 0.2) is 29.6 Å². The number of rotatable bonds is 4. The van der Waals surface area contributed by atoms with E-state index in [2.05, 4.69) is 17.2 Å². The van der Waals surface area contributed by atoms with Crippen LogP contribution in [0.4, 0.5) is 5.69 Å². The predicted octanol–water partition coefficient (Wildman–Crippen LogP) is 3.67. The van der Waals surface area contributed by atoms with Crippen LogP contribution in [0.1, 0.15) is 24.8 Å². The number of nitrogen functional groups attached to an aromatic ring is 1. The van der Waals surface area contributed by atoms with Gasteiger partial charge in [-0.25, -0.2) is 4.98 Å². The van der Waals surface area contributed by atoms with Crippen molar-refractivity contribution in [3.8, 4) is 11.3 Å². The first-order chi connectivity index (χ1) is 10.2. The van der Waals surface area contributed by atoms with Gasteiger partial charge in [-0.3, -0.25) is 0 Å². The Labute approximate surface area is 130 Å². The highest BCUT2D eigenvalue weighted by Gasteiger charge is 2.16. The molecule has 1 unspecified atom stereocenters. The fourth-order valence-electron chi connectivity index (χ4n) is 2.96. The van der Waals surface area contributed by atoms with Crippen molar-refractivity contribution in [2.24, 2.45) is 5.92 Å². The Hall–Kier alpha value is -1.39. The molecule has 0 bridgehead atoms. The molecule has 0 saturated carbocycles. The summed E-state index contributed by atoms with van der Waals surface area (Å²) in [6.07, 6.45) is 3.79. The first-order valence-corrected chi connectivity index (χ1v) is 8.61. The summed E-state index contributed by atoms with van der Waals surface area (Å²) in [4.78, 5) is 7.35. The SMILES string of the molecule is CC1CCCN(CCc2nc(-c3ccc(N)cc3)cs2)C1. The summed E-state index contributed by atoms with van der Waals surface area (Å²) in [6, 6.07) is 7.95. The molecular formula is C17H23N3S. The molecule has 1 aliphatic heterocycles. The molecule has 0 radical (unpaired) electrons. The van der Waals surface area contributed by atoms with Crippen molar-refractivity contribution in [3.63, 3.8) is 0 Å². The minimum Gasteiger partial charge on any atom is -0.399 e. The standard InChI is InChI=1S/C17H23N3S/c1-13-3-2-9-20(11-13)10-8-17-19-16(12-21-17)14-4-6-15(18)7-5-14/h4-7,12-13H,2-3,8-11,18H2,1H3. The minimum atomic E-state index is 0.799. The van der Waals surface area contributed by atoms with Gasteiger partial charge in [0.2, 0.25) is 0 Å². The van der Waals surface area contributed by atoms with Gasteiger partial charge < -0.3 is 10.6 Å². The number of piperidine rings is 1.